The van der Waals surface area contributed by atoms with Gasteiger partial charge in [0.25, 0.3) is 0 Å². The molecule has 1 heteroatoms. The van der Waals surface area contributed by atoms with E-state index in [0.717, 1.165) is 5.56 Å². The monoisotopic (exact) mass is 190 g/mol. The topological polar surface area (TPSA) is 20.2 Å². The normalized spacial score (nSPS) is 19.1. The van der Waals surface area contributed by atoms with Crippen LogP contribution in [0, 0.1) is 6.92 Å². The zero-order chi connectivity index (χ0) is 10.3. The highest BCUT2D eigenvalue weighted by molar-refractivity contribution is 5.45. The predicted molar refractivity (Wildman–Crippen MR) is 58.8 cm³/mol. The Labute approximate surface area is 85.8 Å². The van der Waals surface area contributed by atoms with E-state index in [4.69, 9.17) is 0 Å². The number of hydrogen-bond donors (Lipinski definition) is 1. The largest absolute Gasteiger partial charge is 0.508 e. The van der Waals surface area contributed by atoms with Gasteiger partial charge in [-0.2, -0.15) is 0 Å². The van der Waals surface area contributed by atoms with Gasteiger partial charge < -0.3 is 5.11 Å². The maximum absolute atomic E-state index is 9.71. The lowest BCUT2D eigenvalue weighted by atomic mass is 9.72. The third-order valence-corrected chi connectivity index (χ3v) is 3.40. The Balaban J connectivity index is 2.59. The van der Waals surface area contributed by atoms with Crippen molar-refractivity contribution in [1.82, 2.24) is 0 Å². The second-order valence-corrected chi connectivity index (χ2v) is 5.03. The number of rotatable bonds is 0. The number of aromatic hydroxyl groups is 1. The Morgan fingerprint density at radius 1 is 1.29 bits per heavy atom. The van der Waals surface area contributed by atoms with Crippen LogP contribution in [-0.2, 0) is 11.8 Å². The van der Waals surface area contributed by atoms with Crippen molar-refractivity contribution in [1.29, 1.82) is 0 Å². The van der Waals surface area contributed by atoms with Gasteiger partial charge in [-0.05, 0) is 54.4 Å². The van der Waals surface area contributed by atoms with Gasteiger partial charge in [0.05, 0.1) is 0 Å². The van der Waals surface area contributed by atoms with Crippen LogP contribution in [0.3, 0.4) is 0 Å². The minimum absolute atomic E-state index is 0.235. The summed E-state index contributed by atoms with van der Waals surface area (Å²) in [6, 6.07) is 4.11. The summed E-state index contributed by atoms with van der Waals surface area (Å²) in [6.45, 7) is 6.50. The van der Waals surface area contributed by atoms with Gasteiger partial charge in [0, 0.05) is 0 Å². The summed E-state index contributed by atoms with van der Waals surface area (Å²) in [5.74, 6) is 0.443. The lowest BCUT2D eigenvalue weighted by molar-refractivity contribution is 0.421. The van der Waals surface area contributed by atoms with Crippen molar-refractivity contribution in [2.45, 2.75) is 45.4 Å². The minimum atomic E-state index is 0.235. The first-order valence-electron chi connectivity index (χ1n) is 5.34. The van der Waals surface area contributed by atoms with Gasteiger partial charge in [-0.15, -0.1) is 0 Å². The molecular weight excluding hydrogens is 172 g/mol. The van der Waals surface area contributed by atoms with Crippen molar-refractivity contribution in [3.8, 4) is 5.75 Å². The highest BCUT2D eigenvalue weighted by Gasteiger charge is 2.27. The van der Waals surface area contributed by atoms with Crippen molar-refractivity contribution < 1.29 is 5.11 Å². The summed E-state index contributed by atoms with van der Waals surface area (Å²) in [7, 11) is 0. The molecule has 1 nitrogen and oxygen atoms in total. The van der Waals surface area contributed by atoms with Crippen LogP contribution >= 0.6 is 0 Å². The van der Waals surface area contributed by atoms with E-state index < -0.39 is 0 Å². The van der Waals surface area contributed by atoms with Crippen LogP contribution in [0.1, 0.15) is 43.4 Å². The molecule has 0 spiro atoms. The predicted octanol–water partition coefficient (Wildman–Crippen LogP) is 3.31. The van der Waals surface area contributed by atoms with Crippen molar-refractivity contribution in [3.63, 3.8) is 0 Å². The molecule has 2 rings (SSSR count). The maximum Gasteiger partial charge on any atom is 0.118 e. The van der Waals surface area contributed by atoms with Crippen LogP contribution < -0.4 is 0 Å². The van der Waals surface area contributed by atoms with Crippen molar-refractivity contribution in [2.75, 3.05) is 0 Å². The second kappa shape index (κ2) is 3.01. The maximum atomic E-state index is 9.71. The summed E-state index contributed by atoms with van der Waals surface area (Å²) in [6.07, 6.45) is 3.66. The zero-order valence-electron chi connectivity index (χ0n) is 9.22. The summed E-state index contributed by atoms with van der Waals surface area (Å²) in [5.41, 5.74) is 4.00. The SMILES string of the molecule is Cc1cc2c(cc1O)C(C)(C)CCC2. The summed E-state index contributed by atoms with van der Waals surface area (Å²) < 4.78 is 0. The van der Waals surface area contributed by atoms with E-state index in [1.54, 1.807) is 0 Å². The van der Waals surface area contributed by atoms with Crippen LogP contribution in [0.4, 0.5) is 0 Å². The molecule has 0 unspecified atom stereocenters. The van der Waals surface area contributed by atoms with Gasteiger partial charge in [-0.1, -0.05) is 19.9 Å². The zero-order valence-corrected chi connectivity index (χ0v) is 9.22. The van der Waals surface area contributed by atoms with E-state index in [-0.39, 0.29) is 5.41 Å². The summed E-state index contributed by atoms with van der Waals surface area (Å²) in [5, 5.41) is 9.71. The van der Waals surface area contributed by atoms with Crippen molar-refractivity contribution >= 4 is 0 Å². The lowest BCUT2D eigenvalue weighted by Gasteiger charge is -2.32. The van der Waals surface area contributed by atoms with Gasteiger partial charge in [0.1, 0.15) is 5.75 Å². The molecule has 0 bridgehead atoms. The van der Waals surface area contributed by atoms with Gasteiger partial charge in [-0.25, -0.2) is 0 Å². The van der Waals surface area contributed by atoms with Crippen LogP contribution in [0.15, 0.2) is 12.1 Å². The highest BCUT2D eigenvalue weighted by Crippen LogP contribution is 2.39. The molecule has 0 heterocycles. The smallest absolute Gasteiger partial charge is 0.118 e. The number of fused-ring (bicyclic) bond motifs is 1. The highest BCUT2D eigenvalue weighted by atomic mass is 16.3. The Kier molecular flexibility index (Phi) is 2.06. The lowest BCUT2D eigenvalue weighted by Crippen LogP contribution is -2.23. The average molecular weight is 190 g/mol. The van der Waals surface area contributed by atoms with Crippen LogP contribution in [0.25, 0.3) is 0 Å². The fourth-order valence-corrected chi connectivity index (χ4v) is 2.45. The molecule has 1 aliphatic carbocycles. The van der Waals surface area contributed by atoms with Crippen LogP contribution in [0.5, 0.6) is 5.75 Å². The van der Waals surface area contributed by atoms with Gasteiger partial charge in [0.2, 0.25) is 0 Å². The first kappa shape index (κ1) is 9.57. The summed E-state index contributed by atoms with van der Waals surface area (Å²) >= 11 is 0. The Morgan fingerprint density at radius 2 is 2.00 bits per heavy atom. The van der Waals surface area contributed by atoms with Crippen LogP contribution in [0.2, 0.25) is 0 Å². The Bertz CT molecular complexity index is 364. The Morgan fingerprint density at radius 3 is 2.71 bits per heavy atom. The third-order valence-electron chi connectivity index (χ3n) is 3.40. The molecule has 14 heavy (non-hydrogen) atoms. The summed E-state index contributed by atoms with van der Waals surface area (Å²) in [4.78, 5) is 0. The fourth-order valence-electron chi connectivity index (χ4n) is 2.45. The molecule has 1 aromatic carbocycles. The van der Waals surface area contributed by atoms with E-state index in [9.17, 15) is 5.11 Å². The number of hydrogen-bond acceptors (Lipinski definition) is 1. The van der Waals surface area contributed by atoms with E-state index in [1.165, 1.54) is 30.4 Å². The molecular formula is C13H18O. The minimum Gasteiger partial charge on any atom is -0.508 e. The van der Waals surface area contributed by atoms with Gasteiger partial charge in [-0.3, -0.25) is 0 Å². The van der Waals surface area contributed by atoms with Gasteiger partial charge in [0.15, 0.2) is 0 Å². The number of aryl methyl sites for hydroxylation is 2. The second-order valence-electron chi connectivity index (χ2n) is 5.03. The van der Waals surface area contributed by atoms with Crippen LogP contribution in [-0.4, -0.2) is 5.11 Å². The molecule has 0 saturated carbocycles. The standard InChI is InChI=1S/C13H18O/c1-9-7-10-5-4-6-13(2,3)11(10)8-12(9)14/h7-8,14H,4-6H2,1-3H3. The molecule has 0 amide bonds. The number of phenolic OH excluding ortho intramolecular Hbond substituents is 1. The third kappa shape index (κ3) is 1.41. The molecule has 76 valence electrons. The quantitative estimate of drug-likeness (QED) is 0.665. The molecule has 1 N–H and O–H groups in total. The Hall–Kier alpha value is -0.980. The van der Waals surface area contributed by atoms with E-state index in [1.807, 2.05) is 13.0 Å². The van der Waals surface area contributed by atoms with E-state index in [2.05, 4.69) is 19.9 Å². The molecule has 0 aromatic heterocycles. The van der Waals surface area contributed by atoms with Gasteiger partial charge >= 0.3 is 0 Å². The molecule has 0 radical (unpaired) electrons. The number of benzene rings is 1. The molecule has 1 aromatic rings. The van der Waals surface area contributed by atoms with E-state index >= 15 is 0 Å². The molecule has 1 aliphatic rings. The average Bonchev–Trinajstić information content (AvgIpc) is 2.08. The first-order chi connectivity index (χ1) is 6.50. The van der Waals surface area contributed by atoms with E-state index in [0.29, 0.717) is 5.75 Å². The molecule has 0 fully saturated rings. The molecule has 0 atom stereocenters. The van der Waals surface area contributed by atoms with Crippen molar-refractivity contribution in [2.24, 2.45) is 0 Å². The van der Waals surface area contributed by atoms with Crippen molar-refractivity contribution in [3.05, 3.63) is 28.8 Å². The molecule has 0 aliphatic heterocycles. The first-order valence-corrected chi connectivity index (χ1v) is 5.34. The molecule has 0 saturated heterocycles. The fraction of sp³-hybridized carbons (Fsp3) is 0.538. The number of phenols is 1.